The highest BCUT2D eigenvalue weighted by molar-refractivity contribution is 9.10. The quantitative estimate of drug-likeness (QED) is 0.891. The lowest BCUT2D eigenvalue weighted by Gasteiger charge is -2.09. The molecule has 0 fully saturated rings. The highest BCUT2D eigenvalue weighted by Crippen LogP contribution is 2.25. The monoisotopic (exact) mass is 320 g/mol. The molecule has 0 aliphatic carbocycles. The molecule has 5 heteroatoms. The summed E-state index contributed by atoms with van der Waals surface area (Å²) in [4.78, 5) is 16.3. The molecule has 2 aromatic rings. The molecule has 0 radical (unpaired) electrons. The van der Waals surface area contributed by atoms with Crippen molar-refractivity contribution in [2.75, 3.05) is 5.32 Å². The number of nitrogens with zero attached hydrogens (tertiary/aromatic N) is 1. The van der Waals surface area contributed by atoms with Gasteiger partial charge < -0.3 is 10.4 Å². The number of phenolic OH excluding ortho intramolecular Hbond substituents is 1. The molecule has 0 saturated carbocycles. The van der Waals surface area contributed by atoms with Gasteiger partial charge in [0, 0.05) is 11.3 Å². The van der Waals surface area contributed by atoms with Gasteiger partial charge in [0.15, 0.2) is 0 Å². The summed E-state index contributed by atoms with van der Waals surface area (Å²) < 4.78 is 0.553. The normalized spacial score (nSPS) is 10.3. The van der Waals surface area contributed by atoms with Crippen LogP contribution in [0.3, 0.4) is 0 Å². The van der Waals surface area contributed by atoms with Crippen LogP contribution in [-0.2, 0) is 0 Å². The fourth-order valence-corrected chi connectivity index (χ4v) is 1.91. The number of aromatic nitrogens is 1. The van der Waals surface area contributed by atoms with Crippen LogP contribution in [0.4, 0.5) is 5.69 Å². The zero-order valence-electron chi connectivity index (χ0n) is 10.6. The van der Waals surface area contributed by atoms with Gasteiger partial charge >= 0.3 is 0 Å². The van der Waals surface area contributed by atoms with Crippen LogP contribution < -0.4 is 5.32 Å². The molecular formula is C14H13BrN2O2. The van der Waals surface area contributed by atoms with Gasteiger partial charge in [0.05, 0.1) is 15.9 Å². The average Bonchev–Trinajstić information content (AvgIpc) is 2.36. The van der Waals surface area contributed by atoms with Gasteiger partial charge in [0.2, 0.25) is 0 Å². The number of phenols is 1. The van der Waals surface area contributed by atoms with Gasteiger partial charge in [0.25, 0.3) is 5.91 Å². The van der Waals surface area contributed by atoms with Crippen LogP contribution in [-0.4, -0.2) is 16.0 Å². The summed E-state index contributed by atoms with van der Waals surface area (Å²) in [5.41, 5.74) is 2.71. The summed E-state index contributed by atoms with van der Waals surface area (Å²) in [7, 11) is 0. The maximum absolute atomic E-state index is 12.0. The first-order valence-electron chi connectivity index (χ1n) is 5.71. The molecule has 1 aromatic carbocycles. The van der Waals surface area contributed by atoms with E-state index in [1.807, 2.05) is 26.0 Å². The number of amides is 1. The fourth-order valence-electron chi connectivity index (χ4n) is 1.67. The third-order valence-electron chi connectivity index (χ3n) is 2.68. The molecule has 2 rings (SSSR count). The van der Waals surface area contributed by atoms with Crippen LogP contribution in [0.15, 0.2) is 34.8 Å². The molecule has 1 amide bonds. The lowest BCUT2D eigenvalue weighted by molar-refractivity contribution is 0.102. The third kappa shape index (κ3) is 3.12. The first-order valence-corrected chi connectivity index (χ1v) is 6.51. The number of halogens is 1. The van der Waals surface area contributed by atoms with Crippen molar-refractivity contribution in [1.82, 2.24) is 4.98 Å². The van der Waals surface area contributed by atoms with E-state index in [9.17, 15) is 9.90 Å². The van der Waals surface area contributed by atoms with Crippen molar-refractivity contribution in [2.24, 2.45) is 0 Å². The predicted octanol–water partition coefficient (Wildman–Crippen LogP) is 3.42. The van der Waals surface area contributed by atoms with Crippen LogP contribution in [0.1, 0.15) is 21.7 Å². The molecule has 0 bridgehead atoms. The van der Waals surface area contributed by atoms with Gasteiger partial charge in [-0.25, -0.2) is 0 Å². The predicted molar refractivity (Wildman–Crippen MR) is 77.5 cm³/mol. The van der Waals surface area contributed by atoms with Crippen LogP contribution in [0, 0.1) is 13.8 Å². The molecule has 0 saturated heterocycles. The van der Waals surface area contributed by atoms with Crippen molar-refractivity contribution in [2.45, 2.75) is 13.8 Å². The molecule has 0 aliphatic rings. The molecule has 2 N–H and O–H groups in total. The van der Waals surface area contributed by atoms with Crippen molar-refractivity contribution >= 4 is 27.5 Å². The van der Waals surface area contributed by atoms with Crippen LogP contribution in [0.5, 0.6) is 5.75 Å². The summed E-state index contributed by atoms with van der Waals surface area (Å²) in [6.45, 7) is 3.73. The Balaban J connectivity index is 2.23. The fraction of sp³-hybridized carbons (Fsp3) is 0.143. The smallest absolute Gasteiger partial charge is 0.255 e. The highest BCUT2D eigenvalue weighted by atomic mass is 79.9. The highest BCUT2D eigenvalue weighted by Gasteiger charge is 2.10. The number of benzene rings is 1. The van der Waals surface area contributed by atoms with Gasteiger partial charge in [0.1, 0.15) is 5.75 Å². The van der Waals surface area contributed by atoms with E-state index in [1.54, 1.807) is 12.1 Å². The summed E-state index contributed by atoms with van der Waals surface area (Å²) in [5.74, 6) is -0.247. The molecule has 0 spiro atoms. The topological polar surface area (TPSA) is 62.2 Å². The third-order valence-corrected chi connectivity index (χ3v) is 3.35. The van der Waals surface area contributed by atoms with E-state index in [2.05, 4.69) is 26.2 Å². The minimum Gasteiger partial charge on any atom is -0.507 e. The van der Waals surface area contributed by atoms with Gasteiger partial charge in [-0.2, -0.15) is 0 Å². The molecule has 98 valence electrons. The average molecular weight is 321 g/mol. The minimum absolute atomic E-state index is 0.0337. The first-order chi connectivity index (χ1) is 8.97. The standard InChI is InChI=1S/C14H13BrN2O2/c1-8-3-6-12(9(2)16-8)17-14(19)10-4-5-11(15)13(18)7-10/h3-7,18H,1-2H3,(H,17,19). The number of hydrogen-bond donors (Lipinski definition) is 2. The number of hydrogen-bond acceptors (Lipinski definition) is 3. The largest absolute Gasteiger partial charge is 0.507 e. The van der Waals surface area contributed by atoms with E-state index in [0.29, 0.717) is 15.7 Å². The van der Waals surface area contributed by atoms with E-state index in [1.165, 1.54) is 6.07 Å². The maximum Gasteiger partial charge on any atom is 0.255 e. The van der Waals surface area contributed by atoms with E-state index in [-0.39, 0.29) is 11.7 Å². The van der Waals surface area contributed by atoms with Crippen LogP contribution in [0.25, 0.3) is 0 Å². The number of carbonyl (C=O) groups is 1. The van der Waals surface area contributed by atoms with E-state index in [4.69, 9.17) is 0 Å². The molecule has 0 atom stereocenters. The number of anilines is 1. The number of carbonyl (C=O) groups excluding carboxylic acids is 1. The second-order valence-corrected chi connectivity index (χ2v) is 5.06. The second kappa shape index (κ2) is 5.40. The zero-order chi connectivity index (χ0) is 14.0. The summed E-state index contributed by atoms with van der Waals surface area (Å²) in [5, 5.41) is 12.3. The van der Waals surface area contributed by atoms with Crippen molar-refractivity contribution in [3.05, 3.63) is 51.8 Å². The Morgan fingerprint density at radius 3 is 2.63 bits per heavy atom. The summed E-state index contributed by atoms with van der Waals surface area (Å²) in [6.07, 6.45) is 0. The molecule has 1 heterocycles. The lowest BCUT2D eigenvalue weighted by Crippen LogP contribution is -2.13. The Morgan fingerprint density at radius 2 is 2.00 bits per heavy atom. The van der Waals surface area contributed by atoms with Gasteiger partial charge in [-0.1, -0.05) is 0 Å². The number of aryl methyl sites for hydroxylation is 2. The summed E-state index contributed by atoms with van der Waals surface area (Å²) >= 11 is 3.17. The molecule has 0 unspecified atom stereocenters. The SMILES string of the molecule is Cc1ccc(NC(=O)c2ccc(Br)c(O)c2)c(C)n1. The van der Waals surface area contributed by atoms with Crippen LogP contribution >= 0.6 is 15.9 Å². The molecular weight excluding hydrogens is 308 g/mol. The first kappa shape index (κ1) is 13.5. The second-order valence-electron chi connectivity index (χ2n) is 4.21. The van der Waals surface area contributed by atoms with Crippen LogP contribution in [0.2, 0.25) is 0 Å². The Bertz CT molecular complexity index is 641. The van der Waals surface area contributed by atoms with Gasteiger partial charge in [-0.3, -0.25) is 9.78 Å². The number of pyridine rings is 1. The lowest BCUT2D eigenvalue weighted by atomic mass is 10.2. The maximum atomic E-state index is 12.0. The molecule has 1 aromatic heterocycles. The summed E-state index contributed by atoms with van der Waals surface area (Å²) in [6, 6.07) is 8.33. The number of rotatable bonds is 2. The number of nitrogens with one attached hydrogen (secondary N) is 1. The van der Waals surface area contributed by atoms with Crippen molar-refractivity contribution in [1.29, 1.82) is 0 Å². The van der Waals surface area contributed by atoms with Crippen molar-refractivity contribution in [3.63, 3.8) is 0 Å². The minimum atomic E-state index is -0.281. The van der Waals surface area contributed by atoms with Gasteiger partial charge in [-0.05, 0) is 60.1 Å². The molecule has 19 heavy (non-hydrogen) atoms. The van der Waals surface area contributed by atoms with Gasteiger partial charge in [-0.15, -0.1) is 0 Å². The molecule has 0 aliphatic heterocycles. The number of aromatic hydroxyl groups is 1. The Morgan fingerprint density at radius 1 is 1.26 bits per heavy atom. The van der Waals surface area contributed by atoms with Crippen molar-refractivity contribution < 1.29 is 9.90 Å². The van der Waals surface area contributed by atoms with E-state index >= 15 is 0 Å². The Kier molecular flexibility index (Phi) is 3.85. The zero-order valence-corrected chi connectivity index (χ0v) is 12.2. The van der Waals surface area contributed by atoms with E-state index in [0.717, 1.165) is 11.4 Å². The van der Waals surface area contributed by atoms with E-state index < -0.39 is 0 Å². The molecule has 4 nitrogen and oxygen atoms in total. The Hall–Kier alpha value is -1.88. The Labute approximate surface area is 119 Å². The van der Waals surface area contributed by atoms with Crippen molar-refractivity contribution in [3.8, 4) is 5.75 Å².